The van der Waals surface area contributed by atoms with Gasteiger partial charge >= 0.3 is 7.12 Å². The van der Waals surface area contributed by atoms with E-state index in [1.54, 1.807) is 18.2 Å². The highest BCUT2D eigenvalue weighted by atomic mass is 35.5. The lowest BCUT2D eigenvalue weighted by molar-refractivity contribution is 0.275. The number of benzene rings is 2. The number of hydrogen-bond donors (Lipinski definition) is 2. The summed E-state index contributed by atoms with van der Waals surface area (Å²) in [5, 5.41) is 13.9. The lowest BCUT2D eigenvalue weighted by Crippen LogP contribution is -2.30. The minimum absolute atomic E-state index is 0.190. The normalized spacial score (nSPS) is 12.9. The zero-order valence-electron chi connectivity index (χ0n) is 11.9. The molecule has 1 heterocycles. The maximum atomic E-state index is 9.79. The fourth-order valence-electron chi connectivity index (χ4n) is 2.25. The lowest BCUT2D eigenvalue weighted by atomic mass is 9.79. The predicted molar refractivity (Wildman–Crippen MR) is 96.3 cm³/mol. The topological polar surface area (TPSA) is 50.7 Å². The zero-order valence-corrected chi connectivity index (χ0v) is 14.2. The highest BCUT2D eigenvalue weighted by Gasteiger charge is 2.31. The van der Waals surface area contributed by atoms with Gasteiger partial charge in [-0.1, -0.05) is 41.4 Å². The number of fused-ring (bicyclic) bond motifs is 1. The third-order valence-electron chi connectivity index (χ3n) is 3.43. The van der Waals surface area contributed by atoms with Crippen LogP contribution in [0, 0.1) is 0 Å². The molecule has 0 spiro atoms. The molecule has 0 amide bonds. The number of hydrogen-bond acceptors (Lipinski definition) is 4. The molecule has 2 aromatic rings. The summed E-state index contributed by atoms with van der Waals surface area (Å²) in [4.78, 5) is 0. The highest BCUT2D eigenvalue weighted by molar-refractivity contribution is 7.80. The van der Waals surface area contributed by atoms with E-state index in [2.05, 4.69) is 5.32 Å². The van der Waals surface area contributed by atoms with Crippen LogP contribution in [0.5, 0.6) is 0 Å². The fraction of sp³-hybridized carbons (Fsp3) is 0.133. The summed E-state index contributed by atoms with van der Waals surface area (Å²) in [6.45, 7) is 0.658. The largest absolute Gasteiger partial charge is 0.493 e. The van der Waals surface area contributed by atoms with Gasteiger partial charge in [-0.25, -0.2) is 0 Å². The van der Waals surface area contributed by atoms with Gasteiger partial charge in [0.05, 0.1) is 17.3 Å². The van der Waals surface area contributed by atoms with Crippen molar-refractivity contribution in [3.63, 3.8) is 0 Å². The molecule has 0 saturated heterocycles. The predicted octanol–water partition coefficient (Wildman–Crippen LogP) is 3.12. The molecule has 3 rings (SSSR count). The molecular formula is C15H12BCl2NO3S. The van der Waals surface area contributed by atoms with Gasteiger partial charge in [0.1, 0.15) is 6.61 Å². The first-order chi connectivity index (χ1) is 11.0. The van der Waals surface area contributed by atoms with Crippen LogP contribution in [0.4, 0.5) is 5.69 Å². The number of nitrogens with one attached hydrogen (secondary N) is 1. The SMILES string of the molecule is OB1OCc2ccc(NC(=S)OCc3ccc(Cl)cc3)c(Cl)c21. The van der Waals surface area contributed by atoms with Gasteiger partial charge in [0.25, 0.3) is 5.17 Å². The molecule has 1 aliphatic rings. The van der Waals surface area contributed by atoms with Crippen molar-refractivity contribution >= 4 is 58.9 Å². The van der Waals surface area contributed by atoms with Crippen LogP contribution in [-0.4, -0.2) is 17.3 Å². The minimum atomic E-state index is -1.01. The van der Waals surface area contributed by atoms with Crippen molar-refractivity contribution in [1.29, 1.82) is 0 Å². The van der Waals surface area contributed by atoms with Crippen molar-refractivity contribution in [1.82, 2.24) is 0 Å². The molecule has 8 heteroatoms. The van der Waals surface area contributed by atoms with Gasteiger partial charge in [-0.3, -0.25) is 0 Å². The van der Waals surface area contributed by atoms with E-state index in [4.69, 9.17) is 44.8 Å². The first kappa shape index (κ1) is 16.5. The van der Waals surface area contributed by atoms with Crippen LogP contribution < -0.4 is 10.8 Å². The van der Waals surface area contributed by atoms with E-state index in [1.165, 1.54) is 0 Å². The molecule has 2 aromatic carbocycles. The van der Waals surface area contributed by atoms with Crippen LogP contribution in [-0.2, 0) is 22.6 Å². The summed E-state index contributed by atoms with van der Waals surface area (Å²) < 4.78 is 10.6. The molecule has 0 unspecified atom stereocenters. The molecule has 2 N–H and O–H groups in total. The molecule has 0 aromatic heterocycles. The maximum Gasteiger partial charge on any atom is 0.493 e. The molecule has 0 fully saturated rings. The van der Waals surface area contributed by atoms with Crippen LogP contribution in [0.3, 0.4) is 0 Å². The molecule has 0 aliphatic carbocycles. The molecule has 4 nitrogen and oxygen atoms in total. The van der Waals surface area contributed by atoms with Crippen LogP contribution >= 0.6 is 35.4 Å². The minimum Gasteiger partial charge on any atom is -0.466 e. The van der Waals surface area contributed by atoms with Gasteiger partial charge in [0, 0.05) is 10.5 Å². The van der Waals surface area contributed by atoms with Crippen LogP contribution in [0.15, 0.2) is 36.4 Å². The molecule has 1 aliphatic heterocycles. The van der Waals surface area contributed by atoms with Gasteiger partial charge in [-0.15, -0.1) is 0 Å². The quantitative estimate of drug-likeness (QED) is 0.644. The average molecular weight is 368 g/mol. The Morgan fingerprint density at radius 2 is 2.00 bits per heavy atom. The van der Waals surface area contributed by atoms with E-state index in [0.29, 0.717) is 34.4 Å². The van der Waals surface area contributed by atoms with E-state index < -0.39 is 7.12 Å². The average Bonchev–Trinajstić information content (AvgIpc) is 2.91. The zero-order chi connectivity index (χ0) is 16.4. The van der Waals surface area contributed by atoms with E-state index >= 15 is 0 Å². The van der Waals surface area contributed by atoms with Crippen molar-refractivity contribution in [2.45, 2.75) is 13.2 Å². The Labute approximate surface area is 149 Å². The summed E-state index contributed by atoms with van der Waals surface area (Å²) >= 11 is 17.3. The van der Waals surface area contributed by atoms with E-state index in [0.717, 1.165) is 11.1 Å². The number of halogens is 2. The van der Waals surface area contributed by atoms with Crippen molar-refractivity contribution in [2.24, 2.45) is 0 Å². The summed E-state index contributed by atoms with van der Waals surface area (Å²) in [6, 6.07) is 10.9. The third-order valence-corrected chi connectivity index (χ3v) is 4.31. The van der Waals surface area contributed by atoms with Crippen molar-refractivity contribution in [3.8, 4) is 0 Å². The van der Waals surface area contributed by atoms with Crippen molar-refractivity contribution in [2.75, 3.05) is 5.32 Å². The maximum absolute atomic E-state index is 9.79. The number of anilines is 1. The Balaban J connectivity index is 1.64. The Morgan fingerprint density at radius 1 is 1.26 bits per heavy atom. The molecular weight excluding hydrogens is 356 g/mol. The standard InChI is InChI=1S/C15H12BCl2NO3S/c17-11-4-1-9(2-5-11)7-21-15(23)19-12-6-3-10-8-22-16(20)13(10)14(12)18/h1-6,20H,7-8H2,(H,19,23). The molecule has 0 bridgehead atoms. The summed E-state index contributed by atoms with van der Waals surface area (Å²) in [5.74, 6) is 0. The summed E-state index contributed by atoms with van der Waals surface area (Å²) in [7, 11) is -1.01. The Bertz CT molecular complexity index is 742. The monoisotopic (exact) mass is 367 g/mol. The second-order valence-electron chi connectivity index (χ2n) is 4.99. The van der Waals surface area contributed by atoms with Gasteiger partial charge in [0.2, 0.25) is 0 Å². The van der Waals surface area contributed by atoms with E-state index in [9.17, 15) is 5.02 Å². The van der Waals surface area contributed by atoms with E-state index in [-0.39, 0.29) is 5.17 Å². The molecule has 23 heavy (non-hydrogen) atoms. The first-order valence-electron chi connectivity index (χ1n) is 6.84. The third kappa shape index (κ3) is 3.79. The summed E-state index contributed by atoms with van der Waals surface area (Å²) in [6.07, 6.45) is 0. The smallest absolute Gasteiger partial charge is 0.466 e. The molecule has 0 radical (unpaired) electrons. The molecule has 0 saturated carbocycles. The fourth-order valence-corrected chi connectivity index (χ4v) is 2.87. The van der Waals surface area contributed by atoms with Gasteiger partial charge in [0.15, 0.2) is 0 Å². The van der Waals surface area contributed by atoms with Crippen LogP contribution in [0.25, 0.3) is 0 Å². The molecule has 118 valence electrons. The van der Waals surface area contributed by atoms with E-state index in [1.807, 2.05) is 18.2 Å². The Hall–Kier alpha value is -1.31. The second kappa shape index (κ2) is 7.07. The van der Waals surface area contributed by atoms with Crippen LogP contribution in [0.1, 0.15) is 11.1 Å². The second-order valence-corrected chi connectivity index (χ2v) is 6.18. The summed E-state index contributed by atoms with van der Waals surface area (Å²) in [5.41, 5.74) is 2.94. The van der Waals surface area contributed by atoms with Gasteiger partial charge in [-0.05, 0) is 41.5 Å². The first-order valence-corrected chi connectivity index (χ1v) is 8.00. The highest BCUT2D eigenvalue weighted by Crippen LogP contribution is 2.25. The van der Waals surface area contributed by atoms with Gasteiger partial charge in [-0.2, -0.15) is 0 Å². The molecule has 0 atom stereocenters. The number of rotatable bonds is 3. The number of thiocarbonyl (C=S) groups is 1. The number of ether oxygens (including phenoxy) is 1. The Morgan fingerprint density at radius 3 is 2.74 bits per heavy atom. The van der Waals surface area contributed by atoms with Gasteiger partial charge < -0.3 is 19.7 Å². The van der Waals surface area contributed by atoms with Crippen molar-refractivity contribution in [3.05, 3.63) is 57.6 Å². The lowest BCUT2D eigenvalue weighted by Gasteiger charge is -2.13. The Kier molecular flexibility index (Phi) is 5.09. The van der Waals surface area contributed by atoms with Crippen molar-refractivity contribution < 1.29 is 14.4 Å². The van der Waals surface area contributed by atoms with Crippen LogP contribution in [0.2, 0.25) is 10.0 Å².